The third-order valence-electron chi connectivity index (χ3n) is 10.0. The fraction of sp³-hybridized carbons (Fsp3) is 0.692. The smallest absolute Gasteiger partial charge is 0.462 e. The molecule has 0 aliphatic carbocycles. The number of phosphoric ester groups is 1. The van der Waals surface area contributed by atoms with E-state index in [0.717, 1.165) is 64.2 Å². The molecule has 0 aliphatic rings. The molecule has 0 fully saturated rings. The van der Waals surface area contributed by atoms with Crippen molar-refractivity contribution in [3.8, 4) is 0 Å². The molecular weight excluding hydrogens is 798 g/mol. The lowest BCUT2D eigenvalue weighted by Crippen LogP contribution is -2.29. The van der Waals surface area contributed by atoms with Crippen LogP contribution in [-0.2, 0) is 32.7 Å². The van der Waals surface area contributed by atoms with E-state index in [-0.39, 0.29) is 32.6 Å². The van der Waals surface area contributed by atoms with Gasteiger partial charge in [0.15, 0.2) is 6.10 Å². The summed E-state index contributed by atoms with van der Waals surface area (Å²) in [7, 11) is -4.40. The number of phosphoric acid groups is 1. The third kappa shape index (κ3) is 46.7. The lowest BCUT2D eigenvalue weighted by Gasteiger charge is -2.19. The average molecular weight is 888 g/mol. The maximum Gasteiger partial charge on any atom is 0.472 e. The van der Waals surface area contributed by atoms with E-state index in [4.69, 9.17) is 24.3 Å². The number of hydrogen-bond donors (Lipinski definition) is 2. The topological polar surface area (TPSA) is 134 Å². The van der Waals surface area contributed by atoms with Gasteiger partial charge in [0.1, 0.15) is 6.61 Å². The van der Waals surface area contributed by atoms with E-state index in [9.17, 15) is 19.0 Å². The van der Waals surface area contributed by atoms with E-state index >= 15 is 0 Å². The Morgan fingerprint density at radius 1 is 0.500 bits per heavy atom. The molecule has 0 rings (SSSR count). The van der Waals surface area contributed by atoms with Crippen LogP contribution in [0.2, 0.25) is 0 Å². The van der Waals surface area contributed by atoms with Crippen LogP contribution >= 0.6 is 7.82 Å². The molecule has 0 amide bonds. The number of rotatable bonds is 45. The monoisotopic (exact) mass is 888 g/mol. The fourth-order valence-corrected chi connectivity index (χ4v) is 7.21. The Hall–Kier alpha value is -2.81. The Morgan fingerprint density at radius 2 is 0.887 bits per heavy atom. The van der Waals surface area contributed by atoms with E-state index in [0.29, 0.717) is 12.8 Å². The van der Waals surface area contributed by atoms with Crippen molar-refractivity contribution in [1.82, 2.24) is 0 Å². The summed E-state index contributed by atoms with van der Waals surface area (Å²) in [5.41, 5.74) is 5.36. The van der Waals surface area contributed by atoms with E-state index in [1.807, 2.05) is 6.08 Å². The number of unbranched alkanes of at least 4 members (excludes halogenated alkanes) is 18. The molecular formula is C52H90NO8P. The molecule has 0 aromatic carbocycles. The highest BCUT2D eigenvalue weighted by Gasteiger charge is 2.26. The second kappa shape index (κ2) is 47.7. The predicted octanol–water partition coefficient (Wildman–Crippen LogP) is 14.8. The summed E-state index contributed by atoms with van der Waals surface area (Å²) in [6, 6.07) is 0. The van der Waals surface area contributed by atoms with E-state index in [1.54, 1.807) is 0 Å². The van der Waals surface area contributed by atoms with Gasteiger partial charge in [-0.1, -0.05) is 208 Å². The summed E-state index contributed by atoms with van der Waals surface area (Å²) in [5, 5.41) is 0. The van der Waals surface area contributed by atoms with Crippen molar-refractivity contribution >= 4 is 19.8 Å². The first-order valence-electron chi connectivity index (χ1n) is 24.6. The highest BCUT2D eigenvalue weighted by atomic mass is 31.2. The maximum absolute atomic E-state index is 12.6. The number of hydrogen-bond acceptors (Lipinski definition) is 8. The normalized spacial score (nSPS) is 13.9. The van der Waals surface area contributed by atoms with Gasteiger partial charge in [-0.05, 0) is 64.2 Å². The molecule has 2 unspecified atom stereocenters. The zero-order chi connectivity index (χ0) is 45.3. The summed E-state index contributed by atoms with van der Waals surface area (Å²) >= 11 is 0. The maximum atomic E-state index is 12.6. The molecule has 0 saturated heterocycles. The molecule has 356 valence electrons. The van der Waals surface area contributed by atoms with Gasteiger partial charge >= 0.3 is 19.8 Å². The van der Waals surface area contributed by atoms with Gasteiger partial charge in [-0.3, -0.25) is 18.6 Å². The van der Waals surface area contributed by atoms with Crippen molar-refractivity contribution in [3.05, 3.63) is 85.1 Å². The molecule has 0 radical (unpaired) electrons. The Kier molecular flexibility index (Phi) is 45.5. The quantitative estimate of drug-likeness (QED) is 0.0265. The van der Waals surface area contributed by atoms with Crippen molar-refractivity contribution < 1.29 is 37.6 Å². The minimum Gasteiger partial charge on any atom is -0.462 e. The number of carbonyl (C=O) groups is 2. The SMILES string of the molecule is CC/C=C\C/C=C\C/C=C\C/C=C\C/C=C\C/C=C\C/C=C\CCCC(=O)OC(COC(=O)CCCCCCCCCCCCCCCCCCCC)COP(=O)(O)OCCN. The number of allylic oxidation sites excluding steroid dienone is 14. The van der Waals surface area contributed by atoms with Gasteiger partial charge in [0.25, 0.3) is 0 Å². The molecule has 62 heavy (non-hydrogen) atoms. The first-order chi connectivity index (χ1) is 30.3. The van der Waals surface area contributed by atoms with Crippen molar-refractivity contribution in [3.63, 3.8) is 0 Å². The molecule has 10 heteroatoms. The molecule has 9 nitrogen and oxygen atoms in total. The fourth-order valence-electron chi connectivity index (χ4n) is 6.45. The van der Waals surface area contributed by atoms with Gasteiger partial charge in [0.2, 0.25) is 0 Å². The van der Waals surface area contributed by atoms with Gasteiger partial charge in [0, 0.05) is 19.4 Å². The summed E-state index contributed by atoms with van der Waals surface area (Å²) in [4.78, 5) is 35.0. The Balaban J connectivity index is 4.20. The van der Waals surface area contributed by atoms with Crippen LogP contribution in [0.3, 0.4) is 0 Å². The molecule has 0 bridgehead atoms. The second-order valence-corrected chi connectivity index (χ2v) is 17.4. The van der Waals surface area contributed by atoms with Crippen LogP contribution in [0, 0.1) is 0 Å². The number of nitrogens with two attached hydrogens (primary N) is 1. The average Bonchev–Trinajstić information content (AvgIpc) is 3.26. The van der Waals surface area contributed by atoms with Gasteiger partial charge < -0.3 is 20.1 Å². The molecule has 0 heterocycles. The van der Waals surface area contributed by atoms with Crippen LogP contribution in [0.5, 0.6) is 0 Å². The van der Waals surface area contributed by atoms with Crippen molar-refractivity contribution in [2.24, 2.45) is 5.73 Å². The zero-order valence-corrected chi connectivity index (χ0v) is 40.2. The van der Waals surface area contributed by atoms with Crippen LogP contribution in [0.4, 0.5) is 0 Å². The van der Waals surface area contributed by atoms with Gasteiger partial charge in [0.05, 0.1) is 13.2 Å². The highest BCUT2D eigenvalue weighted by molar-refractivity contribution is 7.47. The number of esters is 2. The molecule has 0 spiro atoms. The summed E-state index contributed by atoms with van der Waals surface area (Å²) < 4.78 is 32.8. The van der Waals surface area contributed by atoms with Crippen LogP contribution in [0.15, 0.2) is 85.1 Å². The van der Waals surface area contributed by atoms with Gasteiger partial charge in [-0.2, -0.15) is 0 Å². The second-order valence-electron chi connectivity index (χ2n) is 16.0. The van der Waals surface area contributed by atoms with E-state index in [1.165, 1.54) is 96.3 Å². The van der Waals surface area contributed by atoms with Crippen LogP contribution in [0.25, 0.3) is 0 Å². The van der Waals surface area contributed by atoms with Crippen molar-refractivity contribution in [2.45, 2.75) is 206 Å². The Labute approximate surface area is 379 Å². The first-order valence-corrected chi connectivity index (χ1v) is 26.1. The summed E-state index contributed by atoms with van der Waals surface area (Å²) in [5.74, 6) is -0.898. The number of ether oxygens (including phenoxy) is 2. The van der Waals surface area contributed by atoms with Crippen LogP contribution in [-0.4, -0.2) is 49.3 Å². The van der Waals surface area contributed by atoms with Crippen LogP contribution < -0.4 is 5.73 Å². The molecule has 0 aromatic heterocycles. The third-order valence-corrected chi connectivity index (χ3v) is 11.0. The standard InChI is InChI=1S/C52H90NO8P/c1-3-5-7-9-11-13-15-17-19-21-23-24-25-26-27-29-31-33-35-37-39-41-43-45-52(55)61-50(49-60-62(56,57)59-47-46-53)48-58-51(54)44-42-40-38-36-34-32-30-28-22-20-18-16-14-12-10-8-6-4-2/h5,7,11,13,17,19,23-24,26-27,31,33,37,39,50H,3-4,6,8-10,12,14-16,18,20-22,25,28-30,32,34-36,38,40-49,53H2,1-2H3,(H,56,57)/b7-5-,13-11-,19-17-,24-23-,27-26-,33-31-,39-37-. The van der Waals surface area contributed by atoms with Crippen molar-refractivity contribution in [2.75, 3.05) is 26.4 Å². The minimum absolute atomic E-state index is 0.0409. The predicted molar refractivity (Wildman–Crippen MR) is 261 cm³/mol. The minimum atomic E-state index is -4.40. The van der Waals surface area contributed by atoms with E-state index < -0.39 is 32.5 Å². The number of carbonyl (C=O) groups excluding carboxylic acids is 2. The largest absolute Gasteiger partial charge is 0.472 e. The zero-order valence-electron chi connectivity index (χ0n) is 39.3. The molecule has 0 saturated carbocycles. The lowest BCUT2D eigenvalue weighted by atomic mass is 10.0. The first kappa shape index (κ1) is 59.2. The molecule has 0 aromatic rings. The Morgan fingerprint density at radius 3 is 1.31 bits per heavy atom. The van der Waals surface area contributed by atoms with Gasteiger partial charge in [-0.25, -0.2) is 4.57 Å². The molecule has 3 N–H and O–H groups in total. The lowest BCUT2D eigenvalue weighted by molar-refractivity contribution is -0.161. The Bertz CT molecular complexity index is 1290. The summed E-state index contributed by atoms with van der Waals surface area (Å²) in [6.45, 7) is 3.56. The van der Waals surface area contributed by atoms with Crippen LogP contribution in [0.1, 0.15) is 200 Å². The highest BCUT2D eigenvalue weighted by Crippen LogP contribution is 2.43. The van der Waals surface area contributed by atoms with Gasteiger partial charge in [-0.15, -0.1) is 0 Å². The molecule has 2 atom stereocenters. The molecule has 0 aliphatic heterocycles. The summed E-state index contributed by atoms with van der Waals surface area (Å²) in [6.07, 6.45) is 60.5. The van der Waals surface area contributed by atoms with Crippen molar-refractivity contribution in [1.29, 1.82) is 0 Å². The van der Waals surface area contributed by atoms with E-state index in [2.05, 4.69) is 92.8 Å².